The third kappa shape index (κ3) is 4.31. The smallest absolute Gasteiger partial charge is 0.243 e. The molecule has 1 fully saturated rings. The fraction of sp³-hybridized carbons (Fsp3) is 0.350. The maximum absolute atomic E-state index is 12.7. The Labute approximate surface area is 155 Å². The SMILES string of the molecule is Cc1ccc(S(=O)(=O)N2CCN(C(=O)CCc3ccccc3)CC2)cc1. The number of amides is 1. The summed E-state index contributed by atoms with van der Waals surface area (Å²) < 4.78 is 26.9. The van der Waals surface area contributed by atoms with Crippen LogP contribution in [0.2, 0.25) is 0 Å². The third-order valence-electron chi connectivity index (χ3n) is 4.72. The minimum atomic E-state index is -3.49. The quantitative estimate of drug-likeness (QED) is 0.810. The molecule has 0 N–H and O–H groups in total. The van der Waals surface area contributed by atoms with E-state index < -0.39 is 10.0 Å². The zero-order valence-electron chi connectivity index (χ0n) is 15.0. The molecule has 0 unspecified atom stereocenters. The molecular formula is C20H24N2O3S. The summed E-state index contributed by atoms with van der Waals surface area (Å²) in [6.45, 7) is 3.49. The lowest BCUT2D eigenvalue weighted by Crippen LogP contribution is -2.50. The Balaban J connectivity index is 1.55. The molecule has 1 amide bonds. The Hall–Kier alpha value is -2.18. The van der Waals surface area contributed by atoms with Crippen molar-refractivity contribution in [1.82, 2.24) is 9.21 Å². The molecule has 138 valence electrons. The van der Waals surface area contributed by atoms with E-state index in [1.807, 2.05) is 37.3 Å². The van der Waals surface area contributed by atoms with Crippen molar-refractivity contribution in [3.8, 4) is 0 Å². The number of carbonyl (C=O) groups excluding carboxylic acids is 1. The zero-order valence-corrected chi connectivity index (χ0v) is 15.8. The predicted molar refractivity (Wildman–Crippen MR) is 101 cm³/mol. The summed E-state index contributed by atoms with van der Waals surface area (Å²) in [4.78, 5) is 14.5. The van der Waals surface area contributed by atoms with Gasteiger partial charge in [0, 0.05) is 32.6 Å². The van der Waals surface area contributed by atoms with Crippen molar-refractivity contribution >= 4 is 15.9 Å². The van der Waals surface area contributed by atoms with Crippen LogP contribution in [0, 0.1) is 6.92 Å². The maximum Gasteiger partial charge on any atom is 0.243 e. The van der Waals surface area contributed by atoms with E-state index in [0.717, 1.165) is 11.1 Å². The van der Waals surface area contributed by atoms with Crippen molar-refractivity contribution < 1.29 is 13.2 Å². The second-order valence-corrected chi connectivity index (χ2v) is 8.52. The van der Waals surface area contributed by atoms with Crippen LogP contribution in [0.4, 0.5) is 0 Å². The van der Waals surface area contributed by atoms with Crippen molar-refractivity contribution in [2.24, 2.45) is 0 Å². The minimum absolute atomic E-state index is 0.0845. The van der Waals surface area contributed by atoms with Gasteiger partial charge in [-0.1, -0.05) is 48.0 Å². The highest BCUT2D eigenvalue weighted by molar-refractivity contribution is 7.89. The van der Waals surface area contributed by atoms with Crippen LogP contribution in [0.1, 0.15) is 17.5 Å². The number of sulfonamides is 1. The van der Waals surface area contributed by atoms with Crippen molar-refractivity contribution in [2.45, 2.75) is 24.7 Å². The highest BCUT2D eigenvalue weighted by Gasteiger charge is 2.29. The minimum Gasteiger partial charge on any atom is -0.340 e. The van der Waals surface area contributed by atoms with Gasteiger partial charge < -0.3 is 4.90 Å². The Morgan fingerprint density at radius 3 is 2.15 bits per heavy atom. The van der Waals surface area contributed by atoms with Crippen LogP contribution < -0.4 is 0 Å². The van der Waals surface area contributed by atoms with Gasteiger partial charge in [0.1, 0.15) is 0 Å². The summed E-state index contributed by atoms with van der Waals surface area (Å²) in [5.74, 6) is 0.0845. The molecule has 1 saturated heterocycles. The second kappa shape index (κ2) is 8.01. The van der Waals surface area contributed by atoms with Crippen molar-refractivity contribution in [3.63, 3.8) is 0 Å². The van der Waals surface area contributed by atoms with E-state index in [4.69, 9.17) is 0 Å². The number of rotatable bonds is 5. The normalized spacial score (nSPS) is 15.8. The van der Waals surface area contributed by atoms with Crippen LogP contribution in [0.15, 0.2) is 59.5 Å². The van der Waals surface area contributed by atoms with E-state index in [-0.39, 0.29) is 5.91 Å². The highest BCUT2D eigenvalue weighted by Crippen LogP contribution is 2.18. The average molecular weight is 372 g/mol. The molecule has 0 aromatic heterocycles. The number of benzene rings is 2. The first-order valence-corrected chi connectivity index (χ1v) is 10.3. The standard InChI is InChI=1S/C20H24N2O3S/c1-17-7-10-19(11-8-17)26(24,25)22-15-13-21(14-16-22)20(23)12-9-18-5-3-2-4-6-18/h2-8,10-11H,9,12-16H2,1H3. The van der Waals surface area contributed by atoms with Gasteiger partial charge >= 0.3 is 0 Å². The Bertz CT molecular complexity index is 840. The van der Waals surface area contributed by atoms with Gasteiger partial charge in [-0.3, -0.25) is 4.79 Å². The first-order chi connectivity index (χ1) is 12.5. The molecule has 2 aromatic carbocycles. The van der Waals surface area contributed by atoms with E-state index in [1.165, 1.54) is 4.31 Å². The molecule has 5 nitrogen and oxygen atoms in total. The molecule has 3 rings (SSSR count). The van der Waals surface area contributed by atoms with Crippen LogP contribution in [-0.4, -0.2) is 49.7 Å². The van der Waals surface area contributed by atoms with Crippen molar-refractivity contribution in [1.29, 1.82) is 0 Å². The maximum atomic E-state index is 12.7. The molecular weight excluding hydrogens is 348 g/mol. The molecule has 1 aliphatic heterocycles. The summed E-state index contributed by atoms with van der Waals surface area (Å²) in [6.07, 6.45) is 1.16. The molecule has 2 aromatic rings. The lowest BCUT2D eigenvalue weighted by molar-refractivity contribution is -0.132. The molecule has 0 aliphatic carbocycles. The molecule has 1 heterocycles. The number of aryl methyl sites for hydroxylation is 2. The lowest BCUT2D eigenvalue weighted by Gasteiger charge is -2.34. The van der Waals surface area contributed by atoms with Crippen LogP contribution >= 0.6 is 0 Å². The molecule has 0 atom stereocenters. The van der Waals surface area contributed by atoms with Crippen molar-refractivity contribution in [3.05, 3.63) is 65.7 Å². The van der Waals surface area contributed by atoms with Gasteiger partial charge in [-0.15, -0.1) is 0 Å². The fourth-order valence-corrected chi connectivity index (χ4v) is 4.51. The third-order valence-corrected chi connectivity index (χ3v) is 6.63. The monoisotopic (exact) mass is 372 g/mol. The van der Waals surface area contributed by atoms with E-state index >= 15 is 0 Å². The number of piperazine rings is 1. The highest BCUT2D eigenvalue weighted by atomic mass is 32.2. The first kappa shape index (κ1) is 18.6. The number of hydrogen-bond donors (Lipinski definition) is 0. The van der Waals surface area contributed by atoms with Crippen LogP contribution in [0.5, 0.6) is 0 Å². The van der Waals surface area contributed by atoms with Gasteiger partial charge in [0.15, 0.2) is 0 Å². The lowest BCUT2D eigenvalue weighted by atomic mass is 10.1. The van der Waals surface area contributed by atoms with E-state index in [2.05, 4.69) is 0 Å². The zero-order chi connectivity index (χ0) is 18.6. The van der Waals surface area contributed by atoms with Gasteiger partial charge in [0.2, 0.25) is 15.9 Å². The summed E-state index contributed by atoms with van der Waals surface area (Å²) in [5.41, 5.74) is 2.17. The Morgan fingerprint density at radius 1 is 0.923 bits per heavy atom. The largest absolute Gasteiger partial charge is 0.340 e. The molecule has 0 bridgehead atoms. The van der Waals surface area contributed by atoms with Gasteiger partial charge in [-0.2, -0.15) is 4.31 Å². The molecule has 0 spiro atoms. The fourth-order valence-electron chi connectivity index (χ4n) is 3.09. The van der Waals surface area contributed by atoms with Gasteiger partial charge in [-0.05, 0) is 31.0 Å². The van der Waals surface area contributed by atoms with E-state index in [1.54, 1.807) is 29.2 Å². The number of nitrogens with zero attached hydrogens (tertiary/aromatic N) is 2. The summed E-state index contributed by atoms with van der Waals surface area (Å²) in [6, 6.07) is 16.8. The average Bonchev–Trinajstić information content (AvgIpc) is 2.67. The summed E-state index contributed by atoms with van der Waals surface area (Å²) >= 11 is 0. The molecule has 6 heteroatoms. The summed E-state index contributed by atoms with van der Waals surface area (Å²) in [5, 5.41) is 0. The van der Waals surface area contributed by atoms with Crippen LogP contribution in [0.3, 0.4) is 0 Å². The molecule has 0 saturated carbocycles. The molecule has 26 heavy (non-hydrogen) atoms. The number of hydrogen-bond acceptors (Lipinski definition) is 3. The second-order valence-electron chi connectivity index (χ2n) is 6.58. The van der Waals surface area contributed by atoms with Crippen LogP contribution in [0.25, 0.3) is 0 Å². The van der Waals surface area contributed by atoms with Crippen LogP contribution in [-0.2, 0) is 21.2 Å². The molecule has 0 radical (unpaired) electrons. The van der Waals surface area contributed by atoms with Gasteiger partial charge in [-0.25, -0.2) is 8.42 Å². The summed E-state index contributed by atoms with van der Waals surface area (Å²) in [7, 11) is -3.49. The van der Waals surface area contributed by atoms with Crippen molar-refractivity contribution in [2.75, 3.05) is 26.2 Å². The Kier molecular flexibility index (Phi) is 5.74. The molecule has 1 aliphatic rings. The predicted octanol–water partition coefficient (Wildman–Crippen LogP) is 2.46. The van der Waals surface area contributed by atoms with Gasteiger partial charge in [0.25, 0.3) is 0 Å². The first-order valence-electron chi connectivity index (χ1n) is 8.85. The Morgan fingerprint density at radius 2 is 1.54 bits per heavy atom. The van der Waals surface area contributed by atoms with E-state index in [0.29, 0.717) is 43.9 Å². The topological polar surface area (TPSA) is 57.7 Å². The van der Waals surface area contributed by atoms with Gasteiger partial charge in [0.05, 0.1) is 4.90 Å². The number of carbonyl (C=O) groups is 1. The van der Waals surface area contributed by atoms with E-state index in [9.17, 15) is 13.2 Å².